The molecule has 4 fully saturated rings. The maximum absolute atomic E-state index is 14.2. The Morgan fingerprint density at radius 1 is 0.454 bits per heavy atom. The summed E-state index contributed by atoms with van der Waals surface area (Å²) in [5.74, 6) is -1.42. The minimum atomic E-state index is -6.16. The molecule has 4 aliphatic rings. The molecule has 0 bridgehead atoms. The van der Waals surface area contributed by atoms with Gasteiger partial charge in [-0.05, 0) is 6.07 Å². The summed E-state index contributed by atoms with van der Waals surface area (Å²) in [7, 11) is -35.5. The van der Waals surface area contributed by atoms with Crippen LogP contribution in [0.25, 0.3) is 33.5 Å². The van der Waals surface area contributed by atoms with Crippen molar-refractivity contribution in [2.75, 3.05) is 49.4 Å². The number of imidazole rings is 3. The Kier molecular flexibility index (Phi) is 20.0. The van der Waals surface area contributed by atoms with E-state index in [0.717, 1.165) is 51.3 Å². The highest BCUT2D eigenvalue weighted by molar-refractivity contribution is 7.66. The first-order valence-corrected chi connectivity index (χ1v) is 35.8. The number of aromatic nitrogens is 14. The van der Waals surface area contributed by atoms with Gasteiger partial charge in [-0.25, -0.2) is 57.1 Å². The van der Waals surface area contributed by atoms with E-state index >= 15 is 0 Å². The van der Waals surface area contributed by atoms with Crippen molar-refractivity contribution in [2.45, 2.75) is 98.2 Å². The lowest BCUT2D eigenvalue weighted by molar-refractivity contribution is -0.0641. The van der Waals surface area contributed by atoms with Crippen LogP contribution in [-0.2, 0) is 86.6 Å². The van der Waals surface area contributed by atoms with E-state index in [-0.39, 0.29) is 39.9 Å². The Morgan fingerprint density at radius 2 is 0.845 bits per heavy atom. The highest BCUT2D eigenvalue weighted by Gasteiger charge is 2.56. The zero-order valence-electron chi connectivity index (χ0n) is 47.7. The third-order valence-corrected chi connectivity index (χ3v) is 21.0. The average Bonchev–Trinajstić information content (AvgIpc) is 1.63. The van der Waals surface area contributed by atoms with Crippen LogP contribution in [0.15, 0.2) is 52.0 Å². The van der Waals surface area contributed by atoms with E-state index in [1.54, 1.807) is 0 Å². The fourth-order valence-electron chi connectivity index (χ4n) is 10.2. The van der Waals surface area contributed by atoms with E-state index in [1.165, 1.54) is 0 Å². The summed E-state index contributed by atoms with van der Waals surface area (Å²) < 4.78 is 148. The molecule has 52 nitrogen and oxygen atoms in total. The first-order chi connectivity index (χ1) is 45.3. The molecule has 21 atom stereocenters. The van der Waals surface area contributed by atoms with Gasteiger partial charge in [-0.15, -0.1) is 0 Å². The van der Waals surface area contributed by atoms with E-state index in [1.807, 2.05) is 0 Å². The number of nitrogens with one attached hydrogen (secondary N) is 2. The van der Waals surface area contributed by atoms with Crippen molar-refractivity contribution >= 4 is 104 Å². The minimum absolute atomic E-state index is 0.0561. The summed E-state index contributed by atoms with van der Waals surface area (Å²) in [6, 6.07) is 1.02. The maximum atomic E-state index is 14.2. The molecule has 0 aromatic carbocycles. The number of aliphatic hydroxyl groups excluding tert-OH is 5. The lowest BCUT2D eigenvalue weighted by Crippen LogP contribution is -2.39. The number of phosphoric acid groups is 6. The third-order valence-electron chi connectivity index (χ3n) is 14.3. The quantitative estimate of drug-likeness (QED) is 0.0224. The second-order valence-electron chi connectivity index (χ2n) is 20.8. The van der Waals surface area contributed by atoms with Crippen LogP contribution in [0.5, 0.6) is 0 Å². The molecule has 7 aromatic heterocycles. The van der Waals surface area contributed by atoms with Gasteiger partial charge in [0, 0.05) is 6.20 Å². The van der Waals surface area contributed by atoms with Gasteiger partial charge in [0.1, 0.15) is 90.9 Å². The number of nitrogens with two attached hydrogens (primary N) is 4. The second-order valence-corrected chi connectivity index (χ2v) is 29.4. The van der Waals surface area contributed by atoms with Crippen molar-refractivity contribution in [1.29, 1.82) is 0 Å². The fraction of sp³-hybridized carbons (Fsp3) is 0.513. The Balaban J connectivity index is 0.816. The van der Waals surface area contributed by atoms with Gasteiger partial charge in [-0.1, -0.05) is 0 Å². The van der Waals surface area contributed by atoms with Crippen LogP contribution in [0.3, 0.4) is 0 Å². The van der Waals surface area contributed by atoms with Crippen molar-refractivity contribution in [2.24, 2.45) is 0 Å². The Bertz CT molecular complexity index is 4630. The van der Waals surface area contributed by atoms with E-state index in [4.69, 9.17) is 78.8 Å². The van der Waals surface area contributed by atoms with Crippen LogP contribution in [-0.4, -0.2) is 228 Å². The van der Waals surface area contributed by atoms with E-state index in [0.29, 0.717) is 4.57 Å². The Hall–Kier alpha value is -6.29. The van der Waals surface area contributed by atoms with Crippen LogP contribution < -0.4 is 39.7 Å². The predicted molar refractivity (Wildman–Crippen MR) is 305 cm³/mol. The maximum Gasteiger partial charge on any atom is 0.490 e. The number of aliphatic hydroxyl groups is 5. The van der Waals surface area contributed by atoms with Crippen molar-refractivity contribution in [3.63, 3.8) is 0 Å². The summed E-state index contributed by atoms with van der Waals surface area (Å²) in [6.07, 6.45) is -28.1. The van der Waals surface area contributed by atoms with Crippen LogP contribution >= 0.6 is 46.9 Å². The van der Waals surface area contributed by atoms with Gasteiger partial charge in [-0.2, -0.15) is 23.6 Å². The number of rotatable bonds is 26. The average molecular weight is 1500 g/mol. The number of fused-ring (bicyclic) bond motifs is 3. The number of nitrogen functional groups attached to an aromatic ring is 4. The van der Waals surface area contributed by atoms with Gasteiger partial charge in [-0.3, -0.25) is 69.5 Å². The Labute approximate surface area is 533 Å². The van der Waals surface area contributed by atoms with Crippen molar-refractivity contribution < 1.29 is 146 Å². The monoisotopic (exact) mass is 1500 g/mol. The van der Waals surface area contributed by atoms with E-state index < -0.39 is 205 Å². The molecule has 11 heterocycles. The standard InChI is InChI=1S/C39H52N18O34P6/c40-15-1-2-54(39(65)49-15)34-21(60)24(12(84-34)4-80-95(73,74)89-26-14(6-82-96(75,76)91-97(77,78)90-92(66,67)68)86-36(23(26)62)57-10-48-18-30(57)51-38(43)53-32(18)64)87-94(71,72)81-5-13-25(22(61)35(85-13)55-8-46-16-27(41)44-7-45-28(16)55)88-93(69,70)79-3-11-19(58)20(59)33(83-11)56-9-47-17-29(56)50-37(42)52-31(17)63/h1-2,7-14,19-26,33-36,58-62H,3-6H2,(H,69,70)(H,71,72)(H,73,74)(H,75,76)(H,77,78)(H2,40,49,65)(H2,41,44,45)(H2,66,67,68)(H3,42,50,52,63)(H3,43,51,53,64)/t11-,12-,13-,14-,19-,20-,21-,22-,23-,24-,25-,26-,33-,34-,35-,36-/m1/s1. The number of hydrogen-bond acceptors (Lipinski definition) is 39. The minimum Gasteiger partial charge on any atom is -0.387 e. The molecule has 22 N–H and O–H groups in total. The number of anilines is 4. The number of aromatic amines is 2. The molecule has 7 aromatic rings. The van der Waals surface area contributed by atoms with Gasteiger partial charge in [0.05, 0.1) is 45.4 Å². The molecule has 0 radical (unpaired) electrons. The lowest BCUT2D eigenvalue weighted by atomic mass is 10.1. The molecule has 0 amide bonds. The molecule has 11 rings (SSSR count). The van der Waals surface area contributed by atoms with Gasteiger partial charge in [0.2, 0.25) is 11.9 Å². The molecule has 0 aliphatic carbocycles. The molecular weight excluding hydrogens is 1450 g/mol. The largest absolute Gasteiger partial charge is 0.490 e. The number of H-pyrrole nitrogens is 2. The van der Waals surface area contributed by atoms with Gasteiger partial charge in [0.15, 0.2) is 58.7 Å². The predicted octanol–water partition coefficient (Wildman–Crippen LogP) is -6.08. The lowest BCUT2D eigenvalue weighted by Gasteiger charge is -2.26. The number of ether oxygens (including phenoxy) is 4. The topological polar surface area (TPSA) is 775 Å². The number of phosphoric ester groups is 4. The summed E-state index contributed by atoms with van der Waals surface area (Å²) >= 11 is 0. The highest BCUT2D eigenvalue weighted by atomic mass is 31.3. The SMILES string of the molecule is Nc1ccn([C@@H]2O[C@H](COP(=O)(O)O[C@H]3[C@@H](O)[C@H](n4cnc5c(=O)[nH]c(N)nc54)O[C@@H]3COP(=O)(O)OP(=O)(O)OP(=O)(O)O)[C@@H](OP(=O)(O)OC[C@H]3O[C@@H](n4cnc5c(N)ncnc54)[C@H](O)[C@@H]3OP(=O)(O)OC[C@H]3O[C@@H](n4cnc5c(=O)[nH]c(N)nc54)[C@H](O)[C@@H]3O)[C@H]2O)c(=O)n1. The fourth-order valence-corrected chi connectivity index (χ4v) is 16.1. The van der Waals surface area contributed by atoms with Crippen LogP contribution in [0.1, 0.15) is 24.9 Å². The first kappa shape index (κ1) is 72.0. The summed E-state index contributed by atoms with van der Waals surface area (Å²) in [5, 5.41) is 57.0. The highest BCUT2D eigenvalue weighted by Crippen LogP contribution is 2.66. The van der Waals surface area contributed by atoms with Gasteiger partial charge < -0.3 is 102 Å². The molecule has 58 heteroatoms. The smallest absolute Gasteiger partial charge is 0.387 e. The second kappa shape index (κ2) is 27.0. The van der Waals surface area contributed by atoms with E-state index in [9.17, 15) is 91.8 Å². The number of nitrogens with zero attached hydrogens (tertiary/aromatic N) is 12. The molecule has 97 heavy (non-hydrogen) atoms. The number of hydrogen-bond donors (Lipinski definition) is 18. The molecule has 0 spiro atoms. The van der Waals surface area contributed by atoms with Crippen LogP contribution in [0.2, 0.25) is 0 Å². The summed E-state index contributed by atoms with van der Waals surface area (Å²) in [6.45, 7) is -5.34. The van der Waals surface area contributed by atoms with Crippen molar-refractivity contribution in [1.82, 2.24) is 68.1 Å². The zero-order valence-corrected chi connectivity index (χ0v) is 53.1. The molecule has 4 aliphatic heterocycles. The van der Waals surface area contributed by atoms with Crippen LogP contribution in [0, 0.1) is 0 Å². The molecule has 4 saturated heterocycles. The van der Waals surface area contributed by atoms with E-state index in [2.05, 4.69) is 63.0 Å². The third kappa shape index (κ3) is 15.5. The zero-order chi connectivity index (χ0) is 70.4. The summed E-state index contributed by atoms with van der Waals surface area (Å²) in [4.78, 5) is 145. The molecule has 0 saturated carbocycles. The first-order valence-electron chi connectivity index (χ1n) is 26.8. The van der Waals surface area contributed by atoms with Gasteiger partial charge >= 0.3 is 52.6 Å². The van der Waals surface area contributed by atoms with Crippen molar-refractivity contribution in [3.05, 3.63) is 68.8 Å². The molecular formula is C39H52N18O34P6. The normalized spacial score (nSPS) is 31.0. The van der Waals surface area contributed by atoms with Gasteiger partial charge in [0.25, 0.3) is 11.1 Å². The van der Waals surface area contributed by atoms with Crippen LogP contribution in [0.4, 0.5) is 23.5 Å². The van der Waals surface area contributed by atoms with Crippen molar-refractivity contribution in [3.8, 4) is 0 Å². The summed E-state index contributed by atoms with van der Waals surface area (Å²) in [5.41, 5.74) is 18.5. The Morgan fingerprint density at radius 3 is 1.29 bits per heavy atom. The molecule has 5 unspecified atom stereocenters. The molecule has 532 valence electrons.